The van der Waals surface area contributed by atoms with Gasteiger partial charge < -0.3 is 4.74 Å². The second-order valence-electron chi connectivity index (χ2n) is 7.65. The van der Waals surface area contributed by atoms with E-state index in [1.807, 2.05) is 20.8 Å². The molecule has 0 amide bonds. The number of ether oxygens (including phenoxy) is 1. The fraction of sp³-hybridized carbons (Fsp3) is 0.238. The molecule has 0 fully saturated rings. The molecule has 0 aliphatic heterocycles. The van der Waals surface area contributed by atoms with Crippen molar-refractivity contribution in [1.82, 2.24) is 9.78 Å². The Morgan fingerprint density at radius 3 is 2.38 bits per heavy atom. The first-order valence-electron chi connectivity index (χ1n) is 8.90. The highest BCUT2D eigenvalue weighted by molar-refractivity contribution is 6.30. The standard InChI is InChI=1S/C21H20ClN3O4/c1-13-5-6-14(11-17(13)25(27)28)20(26)29-19-12-18(21(2,3)4)23-24(19)16-9-7-15(22)8-10-16/h5-12H,1-4H3. The third-order valence-corrected chi connectivity index (χ3v) is 4.61. The SMILES string of the molecule is Cc1ccc(C(=O)Oc2cc(C(C)(C)C)nn2-c2ccc(Cl)cc2)cc1[N+](=O)[O-]. The number of benzene rings is 2. The van der Waals surface area contributed by atoms with E-state index in [0.29, 0.717) is 16.3 Å². The molecular formula is C21H20ClN3O4. The van der Waals surface area contributed by atoms with Gasteiger partial charge in [0.25, 0.3) is 5.69 Å². The molecule has 3 aromatic rings. The minimum Gasteiger partial charge on any atom is -0.404 e. The van der Waals surface area contributed by atoms with Gasteiger partial charge in [-0.15, -0.1) is 0 Å². The van der Waals surface area contributed by atoms with Crippen LogP contribution in [0.4, 0.5) is 5.69 Å². The third kappa shape index (κ3) is 4.46. The first kappa shape index (κ1) is 20.5. The number of nitrogens with zero attached hydrogens (tertiary/aromatic N) is 3. The molecule has 7 nitrogen and oxygen atoms in total. The summed E-state index contributed by atoms with van der Waals surface area (Å²) in [6.45, 7) is 7.60. The van der Waals surface area contributed by atoms with E-state index in [0.717, 1.165) is 5.69 Å². The van der Waals surface area contributed by atoms with Crippen LogP contribution in [0.3, 0.4) is 0 Å². The number of nitro groups is 1. The molecule has 0 atom stereocenters. The van der Waals surface area contributed by atoms with Crippen molar-refractivity contribution in [2.24, 2.45) is 0 Å². The quantitative estimate of drug-likeness (QED) is 0.330. The number of halogens is 1. The van der Waals surface area contributed by atoms with Gasteiger partial charge in [0.05, 0.1) is 21.9 Å². The molecule has 0 bridgehead atoms. The number of rotatable bonds is 4. The predicted molar refractivity (Wildman–Crippen MR) is 110 cm³/mol. The van der Waals surface area contributed by atoms with Crippen molar-refractivity contribution in [3.8, 4) is 11.6 Å². The van der Waals surface area contributed by atoms with Gasteiger partial charge in [0, 0.05) is 28.1 Å². The molecule has 1 aromatic heterocycles. The fourth-order valence-corrected chi connectivity index (χ4v) is 2.78. The molecule has 0 saturated heterocycles. The van der Waals surface area contributed by atoms with Crippen LogP contribution < -0.4 is 4.74 Å². The molecule has 0 N–H and O–H groups in total. The van der Waals surface area contributed by atoms with Crippen molar-refractivity contribution in [1.29, 1.82) is 0 Å². The maximum Gasteiger partial charge on any atom is 0.345 e. The molecule has 150 valence electrons. The van der Waals surface area contributed by atoms with Crippen LogP contribution in [0.5, 0.6) is 5.88 Å². The van der Waals surface area contributed by atoms with Gasteiger partial charge in [-0.2, -0.15) is 5.10 Å². The molecule has 0 radical (unpaired) electrons. The summed E-state index contributed by atoms with van der Waals surface area (Å²) in [5.74, 6) is -0.492. The Balaban J connectivity index is 2.01. The zero-order chi connectivity index (χ0) is 21.3. The summed E-state index contributed by atoms with van der Waals surface area (Å²) in [5.41, 5.74) is 1.53. The highest BCUT2D eigenvalue weighted by atomic mass is 35.5. The van der Waals surface area contributed by atoms with Crippen LogP contribution in [0.25, 0.3) is 5.69 Å². The number of hydrogen-bond acceptors (Lipinski definition) is 5. The summed E-state index contributed by atoms with van der Waals surface area (Å²) in [5, 5.41) is 16.3. The van der Waals surface area contributed by atoms with Gasteiger partial charge >= 0.3 is 5.97 Å². The van der Waals surface area contributed by atoms with E-state index in [1.54, 1.807) is 37.3 Å². The van der Waals surface area contributed by atoms with Crippen molar-refractivity contribution in [3.63, 3.8) is 0 Å². The summed E-state index contributed by atoms with van der Waals surface area (Å²) in [7, 11) is 0. The molecule has 0 aliphatic carbocycles. The van der Waals surface area contributed by atoms with Crippen molar-refractivity contribution >= 4 is 23.3 Å². The topological polar surface area (TPSA) is 87.3 Å². The van der Waals surface area contributed by atoms with Crippen molar-refractivity contribution < 1.29 is 14.5 Å². The number of hydrogen-bond donors (Lipinski definition) is 0. The second kappa shape index (κ2) is 7.67. The van der Waals surface area contributed by atoms with Crippen molar-refractivity contribution in [2.75, 3.05) is 0 Å². The molecular weight excluding hydrogens is 394 g/mol. The number of aromatic nitrogens is 2. The third-order valence-electron chi connectivity index (χ3n) is 4.36. The molecule has 8 heteroatoms. The number of carbonyl (C=O) groups excluding carboxylic acids is 1. The van der Waals surface area contributed by atoms with E-state index in [-0.39, 0.29) is 22.5 Å². The number of carbonyl (C=O) groups is 1. The lowest BCUT2D eigenvalue weighted by atomic mass is 9.93. The first-order chi connectivity index (χ1) is 13.6. The van der Waals surface area contributed by atoms with E-state index >= 15 is 0 Å². The molecule has 0 unspecified atom stereocenters. The minimum atomic E-state index is -0.705. The summed E-state index contributed by atoms with van der Waals surface area (Å²) in [4.78, 5) is 23.3. The van der Waals surface area contributed by atoms with Gasteiger partial charge in [-0.3, -0.25) is 10.1 Å². The van der Waals surface area contributed by atoms with Crippen molar-refractivity contribution in [2.45, 2.75) is 33.1 Å². The molecule has 3 rings (SSSR count). The van der Waals surface area contributed by atoms with Crippen LogP contribution in [-0.4, -0.2) is 20.7 Å². The number of nitro benzene ring substituents is 1. The van der Waals surface area contributed by atoms with Gasteiger partial charge in [-0.1, -0.05) is 38.4 Å². The summed E-state index contributed by atoms with van der Waals surface area (Å²) in [6.07, 6.45) is 0. The van der Waals surface area contributed by atoms with Crippen molar-refractivity contribution in [3.05, 3.63) is 80.5 Å². The molecule has 0 saturated carbocycles. The summed E-state index contributed by atoms with van der Waals surface area (Å²) in [6, 6.07) is 12.9. The van der Waals surface area contributed by atoms with Crippen LogP contribution in [0, 0.1) is 17.0 Å². The Labute approximate surface area is 173 Å². The predicted octanol–water partition coefficient (Wildman–Crippen LogP) is 5.26. The maximum atomic E-state index is 12.7. The van der Waals surface area contributed by atoms with Gasteiger partial charge in [0.2, 0.25) is 5.88 Å². The van der Waals surface area contributed by atoms with E-state index in [9.17, 15) is 14.9 Å². The second-order valence-corrected chi connectivity index (χ2v) is 8.09. The molecule has 0 aliphatic rings. The van der Waals surface area contributed by atoms with Gasteiger partial charge in [-0.25, -0.2) is 9.48 Å². The van der Waals surface area contributed by atoms with E-state index < -0.39 is 10.9 Å². The Bertz CT molecular complexity index is 1080. The van der Waals surface area contributed by atoms with Crippen LogP contribution in [0.2, 0.25) is 5.02 Å². The Morgan fingerprint density at radius 2 is 1.79 bits per heavy atom. The summed E-state index contributed by atoms with van der Waals surface area (Å²) >= 11 is 5.96. The smallest absolute Gasteiger partial charge is 0.345 e. The normalized spacial score (nSPS) is 11.3. The van der Waals surface area contributed by atoms with Crippen LogP contribution in [0.1, 0.15) is 42.4 Å². The lowest BCUT2D eigenvalue weighted by Gasteiger charge is -2.13. The zero-order valence-corrected chi connectivity index (χ0v) is 17.2. The summed E-state index contributed by atoms with van der Waals surface area (Å²) < 4.78 is 7.08. The van der Waals surface area contributed by atoms with Crippen LogP contribution in [-0.2, 0) is 5.41 Å². The van der Waals surface area contributed by atoms with Crippen LogP contribution >= 0.6 is 11.6 Å². The highest BCUT2D eigenvalue weighted by Gasteiger charge is 2.24. The Hall–Kier alpha value is -3.19. The highest BCUT2D eigenvalue weighted by Crippen LogP contribution is 2.29. The number of esters is 1. The molecule has 29 heavy (non-hydrogen) atoms. The zero-order valence-electron chi connectivity index (χ0n) is 16.5. The van der Waals surface area contributed by atoms with Gasteiger partial charge in [0.15, 0.2) is 0 Å². The van der Waals surface area contributed by atoms with Gasteiger partial charge in [0.1, 0.15) is 0 Å². The molecule has 2 aromatic carbocycles. The average Bonchev–Trinajstić information content (AvgIpc) is 3.06. The minimum absolute atomic E-state index is 0.0865. The lowest BCUT2D eigenvalue weighted by molar-refractivity contribution is -0.385. The first-order valence-corrected chi connectivity index (χ1v) is 9.28. The van der Waals surface area contributed by atoms with E-state index in [1.165, 1.54) is 22.9 Å². The van der Waals surface area contributed by atoms with Gasteiger partial charge in [-0.05, 0) is 37.3 Å². The van der Waals surface area contributed by atoms with E-state index in [4.69, 9.17) is 16.3 Å². The Morgan fingerprint density at radius 1 is 1.14 bits per heavy atom. The average molecular weight is 414 g/mol. The Kier molecular flexibility index (Phi) is 5.44. The van der Waals surface area contributed by atoms with E-state index in [2.05, 4.69) is 5.10 Å². The molecule has 0 spiro atoms. The molecule has 1 heterocycles. The number of aryl methyl sites for hydroxylation is 1. The van der Waals surface area contributed by atoms with Crippen LogP contribution in [0.15, 0.2) is 48.5 Å². The monoisotopic (exact) mass is 413 g/mol. The maximum absolute atomic E-state index is 12.7. The lowest BCUT2D eigenvalue weighted by Crippen LogP contribution is -2.13. The fourth-order valence-electron chi connectivity index (χ4n) is 2.66. The largest absolute Gasteiger partial charge is 0.404 e.